The van der Waals surface area contributed by atoms with Crippen molar-refractivity contribution in [3.8, 4) is 0 Å². The van der Waals surface area contributed by atoms with Gasteiger partial charge in [-0.05, 0) is 25.2 Å². The van der Waals surface area contributed by atoms with Gasteiger partial charge in [0.2, 0.25) is 0 Å². The van der Waals surface area contributed by atoms with Crippen LogP contribution in [0.1, 0.15) is 17.2 Å². The van der Waals surface area contributed by atoms with Gasteiger partial charge < -0.3 is 15.7 Å². The molecule has 0 aromatic heterocycles. The Morgan fingerprint density at radius 2 is 1.93 bits per heavy atom. The number of nitrogens with zero attached hydrogens (tertiary/aromatic N) is 1. The molecular weight excluding hydrogens is 192 g/mol. The van der Waals surface area contributed by atoms with Crippen LogP contribution in [-0.2, 0) is 11.3 Å². The molecule has 1 atom stereocenters. The van der Waals surface area contributed by atoms with Crippen LogP contribution in [0.3, 0.4) is 0 Å². The SMILES string of the molecule is CN(C)Cc1ccc([C@H](N)C(=O)O)cc1. The first kappa shape index (κ1) is 11.7. The highest BCUT2D eigenvalue weighted by atomic mass is 16.4. The van der Waals surface area contributed by atoms with Gasteiger partial charge in [-0.1, -0.05) is 24.3 Å². The Hall–Kier alpha value is -1.39. The van der Waals surface area contributed by atoms with Crippen LogP contribution in [0.4, 0.5) is 0 Å². The Balaban J connectivity index is 2.76. The number of benzene rings is 1. The minimum absolute atomic E-state index is 0.630. The smallest absolute Gasteiger partial charge is 0.325 e. The zero-order valence-corrected chi connectivity index (χ0v) is 8.97. The average Bonchev–Trinajstić information content (AvgIpc) is 2.17. The summed E-state index contributed by atoms with van der Waals surface area (Å²) in [7, 11) is 3.97. The molecule has 0 spiro atoms. The predicted molar refractivity (Wildman–Crippen MR) is 58.4 cm³/mol. The lowest BCUT2D eigenvalue weighted by Gasteiger charge is -2.11. The van der Waals surface area contributed by atoms with Crippen LogP contribution in [0, 0.1) is 0 Å². The van der Waals surface area contributed by atoms with Crippen LogP contribution in [0.5, 0.6) is 0 Å². The van der Waals surface area contributed by atoms with Crippen molar-refractivity contribution in [2.75, 3.05) is 14.1 Å². The number of hydrogen-bond donors (Lipinski definition) is 2. The first-order valence-electron chi connectivity index (χ1n) is 4.72. The number of rotatable bonds is 4. The van der Waals surface area contributed by atoms with Crippen LogP contribution in [0.15, 0.2) is 24.3 Å². The molecule has 0 aliphatic heterocycles. The van der Waals surface area contributed by atoms with E-state index in [1.54, 1.807) is 12.1 Å². The molecule has 82 valence electrons. The molecule has 0 radical (unpaired) electrons. The molecule has 15 heavy (non-hydrogen) atoms. The Kier molecular flexibility index (Phi) is 3.82. The fourth-order valence-corrected chi connectivity index (χ4v) is 1.34. The highest BCUT2D eigenvalue weighted by Gasteiger charge is 2.13. The van der Waals surface area contributed by atoms with Crippen LogP contribution in [0.2, 0.25) is 0 Å². The van der Waals surface area contributed by atoms with Crippen molar-refractivity contribution in [2.45, 2.75) is 12.6 Å². The van der Waals surface area contributed by atoms with Crippen LogP contribution >= 0.6 is 0 Å². The first-order chi connectivity index (χ1) is 7.00. The van der Waals surface area contributed by atoms with Crippen LogP contribution < -0.4 is 5.73 Å². The van der Waals surface area contributed by atoms with E-state index in [-0.39, 0.29) is 0 Å². The van der Waals surface area contributed by atoms with Crippen molar-refractivity contribution in [1.29, 1.82) is 0 Å². The molecule has 1 rings (SSSR count). The second kappa shape index (κ2) is 4.91. The normalized spacial score (nSPS) is 12.8. The Morgan fingerprint density at radius 1 is 1.40 bits per heavy atom. The van der Waals surface area contributed by atoms with E-state index in [9.17, 15) is 4.79 Å². The summed E-state index contributed by atoms with van der Waals surface area (Å²) in [6, 6.07) is 6.39. The van der Waals surface area contributed by atoms with Crippen LogP contribution in [0.25, 0.3) is 0 Å². The number of hydrogen-bond acceptors (Lipinski definition) is 3. The lowest BCUT2D eigenvalue weighted by atomic mass is 10.1. The highest BCUT2D eigenvalue weighted by molar-refractivity contribution is 5.75. The molecule has 0 bridgehead atoms. The van der Waals surface area contributed by atoms with E-state index < -0.39 is 12.0 Å². The number of carboxylic acid groups (broad SMARTS) is 1. The van der Waals surface area contributed by atoms with Gasteiger partial charge in [-0.2, -0.15) is 0 Å². The number of aliphatic carboxylic acids is 1. The first-order valence-corrected chi connectivity index (χ1v) is 4.72. The van der Waals surface area contributed by atoms with Crippen molar-refractivity contribution in [1.82, 2.24) is 4.90 Å². The van der Waals surface area contributed by atoms with Gasteiger partial charge >= 0.3 is 5.97 Å². The zero-order chi connectivity index (χ0) is 11.4. The topological polar surface area (TPSA) is 66.6 Å². The van der Waals surface area contributed by atoms with Gasteiger partial charge in [-0.25, -0.2) is 0 Å². The van der Waals surface area contributed by atoms with E-state index in [1.165, 1.54) is 0 Å². The van der Waals surface area contributed by atoms with Crippen molar-refractivity contribution >= 4 is 5.97 Å². The fourth-order valence-electron chi connectivity index (χ4n) is 1.34. The predicted octanol–water partition coefficient (Wildman–Crippen LogP) is 0.833. The molecular formula is C11H16N2O2. The molecule has 0 amide bonds. The second-order valence-electron chi connectivity index (χ2n) is 3.80. The van der Waals surface area contributed by atoms with E-state index in [2.05, 4.69) is 0 Å². The summed E-state index contributed by atoms with van der Waals surface area (Å²) in [6.07, 6.45) is 0. The lowest BCUT2D eigenvalue weighted by molar-refractivity contribution is -0.138. The maximum atomic E-state index is 10.6. The minimum Gasteiger partial charge on any atom is -0.480 e. The van der Waals surface area contributed by atoms with E-state index in [0.29, 0.717) is 5.56 Å². The van der Waals surface area contributed by atoms with Gasteiger partial charge in [-0.3, -0.25) is 4.79 Å². The third-order valence-corrected chi connectivity index (χ3v) is 2.10. The van der Waals surface area contributed by atoms with Crippen molar-refractivity contribution in [3.63, 3.8) is 0 Å². The maximum Gasteiger partial charge on any atom is 0.325 e. The Bertz CT molecular complexity index is 333. The van der Waals surface area contributed by atoms with E-state index in [4.69, 9.17) is 10.8 Å². The van der Waals surface area contributed by atoms with Gasteiger partial charge in [0, 0.05) is 6.54 Å². The molecule has 0 heterocycles. The largest absolute Gasteiger partial charge is 0.480 e. The summed E-state index contributed by atoms with van der Waals surface area (Å²) in [5.41, 5.74) is 7.25. The Labute approximate surface area is 89.3 Å². The van der Waals surface area contributed by atoms with E-state index in [0.717, 1.165) is 12.1 Å². The molecule has 3 N–H and O–H groups in total. The van der Waals surface area contributed by atoms with E-state index in [1.807, 2.05) is 31.1 Å². The van der Waals surface area contributed by atoms with Crippen molar-refractivity contribution in [3.05, 3.63) is 35.4 Å². The molecule has 1 aromatic rings. The average molecular weight is 208 g/mol. The third-order valence-electron chi connectivity index (χ3n) is 2.10. The van der Waals surface area contributed by atoms with Gasteiger partial charge in [-0.15, -0.1) is 0 Å². The third kappa shape index (κ3) is 3.34. The molecule has 4 nitrogen and oxygen atoms in total. The maximum absolute atomic E-state index is 10.6. The molecule has 0 saturated carbocycles. The molecule has 0 aliphatic carbocycles. The molecule has 1 aromatic carbocycles. The molecule has 0 aliphatic rings. The zero-order valence-electron chi connectivity index (χ0n) is 8.97. The monoisotopic (exact) mass is 208 g/mol. The van der Waals surface area contributed by atoms with Gasteiger partial charge in [0.1, 0.15) is 6.04 Å². The summed E-state index contributed by atoms with van der Waals surface area (Å²) in [5, 5.41) is 8.72. The van der Waals surface area contributed by atoms with Gasteiger partial charge in [0.25, 0.3) is 0 Å². The van der Waals surface area contributed by atoms with Crippen molar-refractivity contribution in [2.24, 2.45) is 5.73 Å². The molecule has 0 saturated heterocycles. The molecule has 0 unspecified atom stereocenters. The summed E-state index contributed by atoms with van der Waals surface area (Å²) in [5.74, 6) is -1.00. The Morgan fingerprint density at radius 3 is 2.33 bits per heavy atom. The lowest BCUT2D eigenvalue weighted by Crippen LogP contribution is -2.20. The van der Waals surface area contributed by atoms with Gasteiger partial charge in [0.05, 0.1) is 0 Å². The summed E-state index contributed by atoms with van der Waals surface area (Å²) in [6.45, 7) is 0.836. The van der Waals surface area contributed by atoms with E-state index >= 15 is 0 Å². The van der Waals surface area contributed by atoms with Gasteiger partial charge in [0.15, 0.2) is 0 Å². The minimum atomic E-state index is -1.00. The standard InChI is InChI=1S/C11H16N2O2/c1-13(2)7-8-3-5-9(6-4-8)10(12)11(14)15/h3-6,10H,7,12H2,1-2H3,(H,14,15)/t10-/m0/s1. The fraction of sp³-hybridized carbons (Fsp3) is 0.364. The molecule has 0 fully saturated rings. The molecule has 4 heteroatoms. The highest BCUT2D eigenvalue weighted by Crippen LogP contribution is 2.12. The summed E-state index contributed by atoms with van der Waals surface area (Å²) >= 11 is 0. The summed E-state index contributed by atoms with van der Waals surface area (Å²) in [4.78, 5) is 12.7. The number of carboxylic acids is 1. The summed E-state index contributed by atoms with van der Waals surface area (Å²) < 4.78 is 0. The quantitative estimate of drug-likeness (QED) is 0.769. The number of carbonyl (C=O) groups is 1. The van der Waals surface area contributed by atoms with Crippen molar-refractivity contribution < 1.29 is 9.90 Å². The second-order valence-corrected chi connectivity index (χ2v) is 3.80. The van der Waals surface area contributed by atoms with Crippen LogP contribution in [-0.4, -0.2) is 30.1 Å². The number of nitrogens with two attached hydrogens (primary N) is 1.